The van der Waals surface area contributed by atoms with Crippen LogP contribution in [0.3, 0.4) is 0 Å². The molecule has 1 aromatic carbocycles. The number of urea groups is 1. The largest absolute Gasteiger partial charge is 0.508 e. The minimum Gasteiger partial charge on any atom is -0.508 e. The quantitative estimate of drug-likeness (QED) is 0.638. The molecule has 36 heavy (non-hydrogen) atoms. The van der Waals surface area contributed by atoms with Crippen LogP contribution in [0.1, 0.15) is 49.8 Å². The molecular formula is C27H37N7O2. The maximum Gasteiger partial charge on any atom is 0.318 e. The van der Waals surface area contributed by atoms with E-state index in [-0.39, 0.29) is 18.1 Å². The molecule has 0 unspecified atom stereocenters. The predicted octanol–water partition coefficient (Wildman–Crippen LogP) is 3.27. The Hall–Kier alpha value is -3.38. The van der Waals surface area contributed by atoms with Crippen molar-refractivity contribution in [1.82, 2.24) is 25.1 Å². The standard InChI is InChI=1S/C27H37N7O2/c1-19-12-23(4-5-25(19)35)18-32-10-7-22(8-11-32)6-9-29-27(36)34-20(2)16-33(17-21(34)3)26-30-14-24(13-28)15-31-26/h4-5,12,14-15,20-22,35H,6-11,16-18H2,1-3H3,(H,29,36)/t20-,21+. The van der Waals surface area contributed by atoms with Gasteiger partial charge in [-0.05, 0) is 76.2 Å². The number of phenols is 1. The molecule has 9 heteroatoms. The molecule has 9 nitrogen and oxygen atoms in total. The van der Waals surface area contributed by atoms with Gasteiger partial charge in [0.1, 0.15) is 11.8 Å². The van der Waals surface area contributed by atoms with E-state index in [1.54, 1.807) is 6.07 Å². The van der Waals surface area contributed by atoms with Gasteiger partial charge in [0.25, 0.3) is 0 Å². The first kappa shape index (κ1) is 25.7. The summed E-state index contributed by atoms with van der Waals surface area (Å²) in [5.41, 5.74) is 2.60. The molecule has 2 saturated heterocycles. The van der Waals surface area contributed by atoms with Gasteiger partial charge in [-0.2, -0.15) is 5.26 Å². The Balaban J connectivity index is 1.18. The minimum atomic E-state index is -0.00414. The van der Waals surface area contributed by atoms with Crippen molar-refractivity contribution >= 4 is 12.0 Å². The average molecular weight is 492 g/mol. The highest BCUT2D eigenvalue weighted by molar-refractivity contribution is 5.75. The molecule has 0 bridgehead atoms. The first-order valence-electron chi connectivity index (χ1n) is 12.9. The number of hydrogen-bond donors (Lipinski definition) is 2. The second-order valence-corrected chi connectivity index (χ2v) is 10.3. The van der Waals surface area contributed by atoms with Gasteiger partial charge in [0.15, 0.2) is 0 Å². The zero-order valence-electron chi connectivity index (χ0n) is 21.5. The van der Waals surface area contributed by atoms with Gasteiger partial charge in [0, 0.05) is 38.3 Å². The number of phenolic OH excluding ortho intramolecular Hbond substituents is 1. The fourth-order valence-corrected chi connectivity index (χ4v) is 5.41. The Kier molecular flexibility index (Phi) is 8.26. The summed E-state index contributed by atoms with van der Waals surface area (Å²) in [5, 5.41) is 21.8. The van der Waals surface area contributed by atoms with Crippen LogP contribution in [0, 0.1) is 24.2 Å². The lowest BCUT2D eigenvalue weighted by molar-refractivity contribution is 0.139. The molecule has 0 saturated carbocycles. The fourth-order valence-electron chi connectivity index (χ4n) is 5.41. The number of hydrogen-bond acceptors (Lipinski definition) is 7. The summed E-state index contributed by atoms with van der Waals surface area (Å²) in [6.45, 7) is 11.1. The fraction of sp³-hybridized carbons (Fsp3) is 0.556. The van der Waals surface area contributed by atoms with Crippen molar-refractivity contribution in [2.24, 2.45) is 5.92 Å². The smallest absolute Gasteiger partial charge is 0.318 e. The van der Waals surface area contributed by atoms with E-state index in [2.05, 4.69) is 45.0 Å². The Morgan fingerprint density at radius 2 is 1.83 bits per heavy atom. The lowest BCUT2D eigenvalue weighted by Crippen LogP contribution is -2.61. The van der Waals surface area contributed by atoms with Crippen molar-refractivity contribution in [1.29, 1.82) is 5.26 Å². The van der Waals surface area contributed by atoms with E-state index in [0.717, 1.165) is 44.5 Å². The molecule has 2 atom stereocenters. The maximum absolute atomic E-state index is 13.0. The summed E-state index contributed by atoms with van der Waals surface area (Å²) < 4.78 is 0. The van der Waals surface area contributed by atoms with Gasteiger partial charge < -0.3 is 20.2 Å². The van der Waals surface area contributed by atoms with Gasteiger partial charge in [0.2, 0.25) is 5.95 Å². The summed E-state index contributed by atoms with van der Waals surface area (Å²) in [4.78, 5) is 28.1. The summed E-state index contributed by atoms with van der Waals surface area (Å²) in [6, 6.07) is 7.94. The monoisotopic (exact) mass is 491 g/mol. The highest BCUT2D eigenvalue weighted by Gasteiger charge is 2.34. The Bertz CT molecular complexity index is 1060. The maximum atomic E-state index is 13.0. The zero-order chi connectivity index (χ0) is 25.7. The van der Waals surface area contributed by atoms with Crippen molar-refractivity contribution in [3.8, 4) is 11.8 Å². The van der Waals surface area contributed by atoms with Crippen molar-refractivity contribution in [3.05, 3.63) is 47.3 Å². The second-order valence-electron chi connectivity index (χ2n) is 10.3. The SMILES string of the molecule is Cc1cc(CN2CCC(CCNC(=O)N3[C@H](C)CN(c4ncc(C#N)cn4)C[C@@H]3C)CC2)ccc1O. The van der Waals surface area contributed by atoms with E-state index >= 15 is 0 Å². The predicted molar refractivity (Wildman–Crippen MR) is 139 cm³/mol. The van der Waals surface area contributed by atoms with Gasteiger partial charge in [-0.25, -0.2) is 14.8 Å². The lowest BCUT2D eigenvalue weighted by atomic mass is 9.93. The van der Waals surface area contributed by atoms with Crippen LogP contribution in [0.4, 0.5) is 10.7 Å². The third-order valence-electron chi connectivity index (χ3n) is 7.41. The van der Waals surface area contributed by atoms with Crippen LogP contribution in [0.2, 0.25) is 0 Å². The van der Waals surface area contributed by atoms with E-state index in [1.807, 2.05) is 24.0 Å². The van der Waals surface area contributed by atoms with Crippen molar-refractivity contribution in [3.63, 3.8) is 0 Å². The number of carbonyl (C=O) groups is 1. The van der Waals surface area contributed by atoms with Crippen molar-refractivity contribution in [2.45, 2.75) is 58.7 Å². The highest BCUT2D eigenvalue weighted by Crippen LogP contribution is 2.24. The Morgan fingerprint density at radius 3 is 2.44 bits per heavy atom. The van der Waals surface area contributed by atoms with E-state index < -0.39 is 0 Å². The molecule has 4 rings (SSSR count). The number of aromatic nitrogens is 2. The second kappa shape index (κ2) is 11.6. The number of piperidine rings is 1. The Labute approximate surface area is 213 Å². The summed E-state index contributed by atoms with van der Waals surface area (Å²) >= 11 is 0. The van der Waals surface area contributed by atoms with E-state index in [0.29, 0.717) is 42.8 Å². The topological polar surface area (TPSA) is 109 Å². The molecule has 0 spiro atoms. The normalized spacial score (nSPS) is 21.3. The van der Waals surface area contributed by atoms with E-state index in [4.69, 9.17) is 5.26 Å². The molecule has 2 N–H and O–H groups in total. The molecular weight excluding hydrogens is 454 g/mol. The summed E-state index contributed by atoms with van der Waals surface area (Å²) in [6.07, 6.45) is 6.36. The van der Waals surface area contributed by atoms with Gasteiger partial charge >= 0.3 is 6.03 Å². The zero-order valence-corrected chi connectivity index (χ0v) is 21.5. The van der Waals surface area contributed by atoms with Crippen LogP contribution >= 0.6 is 0 Å². The van der Waals surface area contributed by atoms with Gasteiger partial charge in [-0.15, -0.1) is 0 Å². The highest BCUT2D eigenvalue weighted by atomic mass is 16.3. The number of likely N-dealkylation sites (tertiary alicyclic amines) is 1. The van der Waals surface area contributed by atoms with Crippen LogP contribution in [-0.2, 0) is 6.54 Å². The van der Waals surface area contributed by atoms with Crippen LogP contribution in [0.5, 0.6) is 5.75 Å². The number of nitrogens with one attached hydrogen (secondary N) is 1. The summed E-state index contributed by atoms with van der Waals surface area (Å²) in [5.74, 6) is 1.58. The number of nitriles is 1. The van der Waals surface area contributed by atoms with Crippen molar-refractivity contribution in [2.75, 3.05) is 37.6 Å². The number of anilines is 1. The van der Waals surface area contributed by atoms with Crippen LogP contribution in [0.15, 0.2) is 30.6 Å². The molecule has 2 aromatic rings. The van der Waals surface area contributed by atoms with Gasteiger partial charge in [0.05, 0.1) is 18.0 Å². The molecule has 2 aliphatic rings. The number of nitrogens with zero attached hydrogens (tertiary/aromatic N) is 6. The molecule has 192 valence electrons. The molecule has 2 amide bonds. The number of carbonyl (C=O) groups excluding carboxylic acids is 1. The molecule has 0 radical (unpaired) electrons. The first-order chi connectivity index (χ1) is 17.3. The average Bonchev–Trinajstić information content (AvgIpc) is 2.87. The summed E-state index contributed by atoms with van der Waals surface area (Å²) in [7, 11) is 0. The Morgan fingerprint density at radius 1 is 1.17 bits per heavy atom. The van der Waals surface area contributed by atoms with Crippen LogP contribution in [-0.4, -0.2) is 75.7 Å². The molecule has 0 aliphatic carbocycles. The van der Waals surface area contributed by atoms with Crippen LogP contribution < -0.4 is 10.2 Å². The molecule has 1 aromatic heterocycles. The number of piperazine rings is 1. The number of aryl methyl sites for hydroxylation is 1. The number of rotatable bonds is 6. The van der Waals surface area contributed by atoms with E-state index in [9.17, 15) is 9.90 Å². The minimum absolute atomic E-state index is 0.00414. The van der Waals surface area contributed by atoms with Gasteiger partial charge in [-0.3, -0.25) is 4.90 Å². The number of benzene rings is 1. The van der Waals surface area contributed by atoms with Crippen LogP contribution in [0.25, 0.3) is 0 Å². The van der Waals surface area contributed by atoms with E-state index in [1.165, 1.54) is 18.0 Å². The van der Waals surface area contributed by atoms with Gasteiger partial charge in [-0.1, -0.05) is 12.1 Å². The molecule has 3 heterocycles. The lowest BCUT2D eigenvalue weighted by Gasteiger charge is -2.44. The number of amides is 2. The molecule has 2 aliphatic heterocycles. The van der Waals surface area contributed by atoms with Crippen molar-refractivity contribution < 1.29 is 9.90 Å². The number of aromatic hydroxyl groups is 1. The third kappa shape index (κ3) is 6.24. The third-order valence-corrected chi connectivity index (χ3v) is 7.41. The first-order valence-corrected chi connectivity index (χ1v) is 12.9. The molecule has 2 fully saturated rings.